The van der Waals surface area contributed by atoms with Crippen molar-refractivity contribution in [3.05, 3.63) is 102 Å². The zero-order valence-corrected chi connectivity index (χ0v) is 24.1. The maximum atomic E-state index is 13.1. The fourth-order valence-electron chi connectivity index (χ4n) is 4.55. The fourth-order valence-corrected chi connectivity index (χ4v) is 4.55. The van der Waals surface area contributed by atoms with Crippen molar-refractivity contribution in [1.29, 1.82) is 0 Å². The number of ether oxygens (including phenoxy) is 3. The molecule has 8 heteroatoms. The molecule has 212 valence electrons. The Balaban J connectivity index is 1.45. The van der Waals surface area contributed by atoms with Crippen molar-refractivity contribution in [2.45, 2.75) is 26.9 Å². The van der Waals surface area contributed by atoms with Crippen molar-refractivity contribution >= 4 is 28.6 Å². The molecule has 5 aromatic rings. The number of carbonyl (C=O) groups excluding carboxylic acids is 2. The second kappa shape index (κ2) is 12.1. The summed E-state index contributed by atoms with van der Waals surface area (Å²) in [4.78, 5) is 35.7. The van der Waals surface area contributed by atoms with Gasteiger partial charge in [-0.1, -0.05) is 17.7 Å². The number of benzene rings is 4. The Morgan fingerprint density at radius 1 is 0.714 bits per heavy atom. The first-order chi connectivity index (χ1) is 20.2. The summed E-state index contributed by atoms with van der Waals surface area (Å²) in [5, 5.41) is 2.83. The largest absolute Gasteiger partial charge is 0.497 e. The SMILES string of the molecule is COc1ccc(-c2nc3ccc(C(=O)OC(C)C(=O)Nc4ccc(C)cc4C)cc3nc2-c2ccc(OC)cc2)cc1. The zero-order valence-electron chi connectivity index (χ0n) is 24.1. The second-order valence-corrected chi connectivity index (χ2v) is 9.94. The molecule has 0 spiro atoms. The van der Waals surface area contributed by atoms with Crippen molar-refractivity contribution in [3.8, 4) is 34.0 Å². The molecule has 1 aromatic heterocycles. The Hall–Kier alpha value is -5.24. The van der Waals surface area contributed by atoms with Gasteiger partial charge < -0.3 is 19.5 Å². The van der Waals surface area contributed by atoms with E-state index in [4.69, 9.17) is 24.2 Å². The van der Waals surface area contributed by atoms with Crippen LogP contribution in [-0.2, 0) is 9.53 Å². The summed E-state index contributed by atoms with van der Waals surface area (Å²) < 4.78 is 16.1. The van der Waals surface area contributed by atoms with Gasteiger partial charge in [0.15, 0.2) is 6.10 Å². The van der Waals surface area contributed by atoms with E-state index in [0.717, 1.165) is 33.8 Å². The average Bonchev–Trinajstić information content (AvgIpc) is 3.01. The molecule has 0 saturated heterocycles. The first-order valence-corrected chi connectivity index (χ1v) is 13.5. The van der Waals surface area contributed by atoms with Crippen LogP contribution in [-0.4, -0.2) is 42.2 Å². The van der Waals surface area contributed by atoms with Gasteiger partial charge in [0.05, 0.1) is 42.2 Å². The van der Waals surface area contributed by atoms with Crippen LogP contribution in [0.5, 0.6) is 11.5 Å². The van der Waals surface area contributed by atoms with Crippen LogP contribution in [0.1, 0.15) is 28.4 Å². The van der Waals surface area contributed by atoms with Gasteiger partial charge in [-0.25, -0.2) is 14.8 Å². The van der Waals surface area contributed by atoms with Crippen LogP contribution < -0.4 is 14.8 Å². The highest BCUT2D eigenvalue weighted by Gasteiger charge is 2.21. The number of hydrogen-bond acceptors (Lipinski definition) is 7. The number of nitrogens with one attached hydrogen (secondary N) is 1. The molecule has 1 amide bonds. The number of aromatic nitrogens is 2. The Morgan fingerprint density at radius 2 is 1.29 bits per heavy atom. The quantitative estimate of drug-likeness (QED) is 0.208. The molecule has 1 unspecified atom stereocenters. The summed E-state index contributed by atoms with van der Waals surface area (Å²) in [5.74, 6) is 0.409. The minimum atomic E-state index is -1.01. The normalized spacial score (nSPS) is 11.5. The third-order valence-corrected chi connectivity index (χ3v) is 6.92. The van der Waals surface area contributed by atoms with E-state index in [-0.39, 0.29) is 5.56 Å². The molecule has 0 radical (unpaired) electrons. The zero-order chi connectivity index (χ0) is 29.8. The van der Waals surface area contributed by atoms with E-state index < -0.39 is 18.0 Å². The van der Waals surface area contributed by atoms with Gasteiger partial charge in [0.25, 0.3) is 5.91 Å². The van der Waals surface area contributed by atoms with Crippen molar-refractivity contribution in [1.82, 2.24) is 9.97 Å². The molecule has 1 heterocycles. The van der Waals surface area contributed by atoms with E-state index in [0.29, 0.717) is 28.1 Å². The molecule has 0 aliphatic carbocycles. The molecule has 0 fully saturated rings. The van der Waals surface area contributed by atoms with Gasteiger partial charge in [-0.3, -0.25) is 4.79 Å². The van der Waals surface area contributed by atoms with E-state index in [1.54, 1.807) is 39.3 Å². The number of carbonyl (C=O) groups is 2. The summed E-state index contributed by atoms with van der Waals surface area (Å²) in [6.45, 7) is 5.44. The first-order valence-electron chi connectivity index (χ1n) is 13.5. The van der Waals surface area contributed by atoms with Crippen LogP contribution in [0.4, 0.5) is 5.69 Å². The molecule has 5 rings (SSSR count). The molecule has 1 atom stereocenters. The highest BCUT2D eigenvalue weighted by atomic mass is 16.5. The van der Waals surface area contributed by atoms with Gasteiger partial charge in [0.1, 0.15) is 11.5 Å². The Kier molecular flexibility index (Phi) is 8.15. The van der Waals surface area contributed by atoms with Crippen LogP contribution in [0.2, 0.25) is 0 Å². The predicted molar refractivity (Wildman–Crippen MR) is 163 cm³/mol. The molecular formula is C34H31N3O5. The summed E-state index contributed by atoms with van der Waals surface area (Å²) >= 11 is 0. The van der Waals surface area contributed by atoms with Crippen LogP contribution in [0.25, 0.3) is 33.5 Å². The molecule has 42 heavy (non-hydrogen) atoms. The summed E-state index contributed by atoms with van der Waals surface area (Å²) in [6, 6.07) is 25.8. The third-order valence-electron chi connectivity index (χ3n) is 6.92. The van der Waals surface area contributed by atoms with E-state index in [2.05, 4.69) is 5.32 Å². The smallest absolute Gasteiger partial charge is 0.338 e. The maximum Gasteiger partial charge on any atom is 0.338 e. The molecule has 0 aliphatic heterocycles. The van der Waals surface area contributed by atoms with Crippen LogP contribution in [0.15, 0.2) is 84.9 Å². The van der Waals surface area contributed by atoms with Crippen LogP contribution in [0, 0.1) is 13.8 Å². The standard InChI is InChI=1S/C34H31N3O5/c1-20-6-16-28(21(2)18-20)37-33(38)22(3)42-34(39)25-11-17-29-30(19-25)36-32(24-9-14-27(41-5)15-10-24)31(35-29)23-7-12-26(40-4)13-8-23/h6-19,22H,1-5H3,(H,37,38). The number of amides is 1. The number of anilines is 1. The molecule has 4 aromatic carbocycles. The molecule has 1 N–H and O–H groups in total. The maximum absolute atomic E-state index is 13.1. The average molecular weight is 562 g/mol. The van der Waals surface area contributed by atoms with E-state index >= 15 is 0 Å². The Bertz CT molecular complexity index is 1770. The molecule has 0 saturated carbocycles. The minimum Gasteiger partial charge on any atom is -0.497 e. The van der Waals surface area contributed by atoms with E-state index in [1.165, 1.54) is 0 Å². The van der Waals surface area contributed by atoms with Gasteiger partial charge >= 0.3 is 5.97 Å². The first kappa shape index (κ1) is 28.3. The number of hydrogen-bond donors (Lipinski definition) is 1. The van der Waals surface area contributed by atoms with Gasteiger partial charge in [0, 0.05) is 16.8 Å². The third kappa shape index (κ3) is 6.07. The van der Waals surface area contributed by atoms with Crippen molar-refractivity contribution in [2.75, 3.05) is 19.5 Å². The van der Waals surface area contributed by atoms with E-state index in [9.17, 15) is 9.59 Å². The van der Waals surface area contributed by atoms with Crippen molar-refractivity contribution < 1.29 is 23.8 Å². The van der Waals surface area contributed by atoms with Crippen molar-refractivity contribution in [3.63, 3.8) is 0 Å². The monoisotopic (exact) mass is 561 g/mol. The number of rotatable bonds is 8. The predicted octanol–water partition coefficient (Wildman–Crippen LogP) is 6.78. The lowest BCUT2D eigenvalue weighted by atomic mass is 10.0. The second-order valence-electron chi connectivity index (χ2n) is 9.94. The number of nitrogens with zero attached hydrogens (tertiary/aromatic N) is 2. The van der Waals surface area contributed by atoms with Gasteiger partial charge in [-0.2, -0.15) is 0 Å². The molecule has 8 nitrogen and oxygen atoms in total. The lowest BCUT2D eigenvalue weighted by Crippen LogP contribution is -2.30. The van der Waals surface area contributed by atoms with Crippen molar-refractivity contribution in [2.24, 2.45) is 0 Å². The fraction of sp³-hybridized carbons (Fsp3) is 0.176. The molecular weight excluding hydrogens is 530 g/mol. The number of fused-ring (bicyclic) bond motifs is 1. The Labute approximate surface area is 244 Å². The highest BCUT2D eigenvalue weighted by molar-refractivity contribution is 5.99. The molecule has 0 bridgehead atoms. The van der Waals surface area contributed by atoms with Gasteiger partial charge in [-0.05, 0) is 99.1 Å². The lowest BCUT2D eigenvalue weighted by Gasteiger charge is -2.15. The topological polar surface area (TPSA) is 99.6 Å². The van der Waals surface area contributed by atoms with E-state index in [1.807, 2.05) is 80.6 Å². The summed E-state index contributed by atoms with van der Waals surface area (Å²) in [7, 11) is 3.23. The lowest BCUT2D eigenvalue weighted by molar-refractivity contribution is -0.123. The molecule has 0 aliphatic rings. The van der Waals surface area contributed by atoms with Crippen LogP contribution in [0.3, 0.4) is 0 Å². The summed E-state index contributed by atoms with van der Waals surface area (Å²) in [6.07, 6.45) is -1.01. The minimum absolute atomic E-state index is 0.265. The highest BCUT2D eigenvalue weighted by Crippen LogP contribution is 2.33. The van der Waals surface area contributed by atoms with Crippen LogP contribution >= 0.6 is 0 Å². The summed E-state index contributed by atoms with van der Waals surface area (Å²) in [5.41, 5.74) is 7.10. The van der Waals surface area contributed by atoms with Gasteiger partial charge in [-0.15, -0.1) is 0 Å². The number of aryl methyl sites for hydroxylation is 2. The number of esters is 1. The van der Waals surface area contributed by atoms with Gasteiger partial charge in [0.2, 0.25) is 0 Å². The Morgan fingerprint density at radius 3 is 1.83 bits per heavy atom. The number of methoxy groups -OCH3 is 2.